The third-order valence-corrected chi connectivity index (χ3v) is 2.25. The molecule has 1 aromatic carbocycles. The second-order valence-electron chi connectivity index (χ2n) is 3.21. The smallest absolute Gasteiger partial charge is 0.165 e. The highest BCUT2D eigenvalue weighted by atomic mass is 16.5. The summed E-state index contributed by atoms with van der Waals surface area (Å²) >= 11 is 0. The zero-order valence-electron chi connectivity index (χ0n) is 9.19. The van der Waals surface area contributed by atoms with Gasteiger partial charge in [-0.15, -0.1) is 6.58 Å². The molecule has 1 unspecified atom stereocenters. The summed E-state index contributed by atoms with van der Waals surface area (Å²) in [6.07, 6.45) is 2.51. The first-order valence-electron chi connectivity index (χ1n) is 4.82. The third-order valence-electron chi connectivity index (χ3n) is 2.25. The van der Waals surface area contributed by atoms with Crippen LogP contribution in [0.4, 0.5) is 0 Å². The minimum atomic E-state index is -0.104. The molecule has 0 aromatic heterocycles. The van der Waals surface area contributed by atoms with Crippen molar-refractivity contribution in [2.24, 2.45) is 5.73 Å². The van der Waals surface area contributed by atoms with E-state index >= 15 is 0 Å². The van der Waals surface area contributed by atoms with E-state index in [0.717, 1.165) is 5.56 Å². The zero-order valence-corrected chi connectivity index (χ0v) is 9.19. The van der Waals surface area contributed by atoms with Crippen molar-refractivity contribution in [1.29, 1.82) is 0 Å². The fourth-order valence-corrected chi connectivity index (χ4v) is 1.51. The van der Waals surface area contributed by atoms with E-state index in [2.05, 4.69) is 6.58 Å². The molecule has 0 heterocycles. The maximum atomic E-state index is 6.00. The standard InChI is InChI=1S/C12H17NO2/c1-4-6-10(13)9-7-5-8-11(14-2)12(9)15-3/h4-5,7-8,10H,1,6,13H2,2-3H3. The average Bonchev–Trinajstić information content (AvgIpc) is 2.28. The van der Waals surface area contributed by atoms with Gasteiger partial charge in [0.25, 0.3) is 0 Å². The van der Waals surface area contributed by atoms with Gasteiger partial charge in [-0.3, -0.25) is 0 Å². The Kier molecular flexibility index (Phi) is 4.18. The lowest BCUT2D eigenvalue weighted by Gasteiger charge is -2.16. The summed E-state index contributed by atoms with van der Waals surface area (Å²) in [5, 5.41) is 0. The highest BCUT2D eigenvalue weighted by Crippen LogP contribution is 2.34. The lowest BCUT2D eigenvalue weighted by molar-refractivity contribution is 0.349. The van der Waals surface area contributed by atoms with Crippen LogP contribution in [0.5, 0.6) is 11.5 Å². The number of hydrogen-bond donors (Lipinski definition) is 1. The van der Waals surface area contributed by atoms with Crippen molar-refractivity contribution in [3.05, 3.63) is 36.4 Å². The molecule has 0 saturated heterocycles. The van der Waals surface area contributed by atoms with Gasteiger partial charge in [0, 0.05) is 11.6 Å². The fraction of sp³-hybridized carbons (Fsp3) is 0.333. The van der Waals surface area contributed by atoms with E-state index in [0.29, 0.717) is 17.9 Å². The Labute approximate surface area is 90.5 Å². The molecule has 0 aliphatic heterocycles. The molecule has 0 aliphatic carbocycles. The first-order chi connectivity index (χ1) is 7.24. The number of rotatable bonds is 5. The molecular formula is C12H17NO2. The average molecular weight is 207 g/mol. The van der Waals surface area contributed by atoms with Gasteiger partial charge in [0.2, 0.25) is 0 Å². The van der Waals surface area contributed by atoms with Gasteiger partial charge >= 0.3 is 0 Å². The van der Waals surface area contributed by atoms with Gasteiger partial charge in [-0.25, -0.2) is 0 Å². The van der Waals surface area contributed by atoms with Crippen LogP contribution < -0.4 is 15.2 Å². The SMILES string of the molecule is C=CCC(N)c1cccc(OC)c1OC. The van der Waals surface area contributed by atoms with E-state index in [1.165, 1.54) is 0 Å². The van der Waals surface area contributed by atoms with Crippen molar-refractivity contribution >= 4 is 0 Å². The number of nitrogens with two attached hydrogens (primary N) is 1. The molecule has 1 rings (SSSR count). The van der Waals surface area contributed by atoms with Crippen LogP contribution in [0.1, 0.15) is 18.0 Å². The molecule has 0 aliphatic rings. The molecule has 0 bridgehead atoms. The molecule has 1 aromatic rings. The molecule has 0 radical (unpaired) electrons. The molecule has 2 N–H and O–H groups in total. The molecule has 3 heteroatoms. The quantitative estimate of drug-likeness (QED) is 0.753. The van der Waals surface area contributed by atoms with Gasteiger partial charge in [0.15, 0.2) is 11.5 Å². The molecule has 0 fully saturated rings. The Morgan fingerprint density at radius 2 is 2.13 bits per heavy atom. The Morgan fingerprint density at radius 1 is 1.40 bits per heavy atom. The second kappa shape index (κ2) is 5.41. The van der Waals surface area contributed by atoms with Crippen molar-refractivity contribution in [3.63, 3.8) is 0 Å². The lowest BCUT2D eigenvalue weighted by Crippen LogP contribution is -2.11. The predicted molar refractivity (Wildman–Crippen MR) is 61.3 cm³/mol. The molecule has 1 atom stereocenters. The van der Waals surface area contributed by atoms with E-state index in [4.69, 9.17) is 15.2 Å². The lowest BCUT2D eigenvalue weighted by atomic mass is 10.0. The van der Waals surface area contributed by atoms with Crippen LogP contribution in [0.15, 0.2) is 30.9 Å². The molecule has 15 heavy (non-hydrogen) atoms. The van der Waals surface area contributed by atoms with Gasteiger partial charge in [-0.1, -0.05) is 18.2 Å². The molecule has 0 saturated carbocycles. The highest BCUT2D eigenvalue weighted by molar-refractivity contribution is 5.48. The molecule has 3 nitrogen and oxygen atoms in total. The minimum Gasteiger partial charge on any atom is -0.493 e. The number of benzene rings is 1. The zero-order chi connectivity index (χ0) is 11.3. The van der Waals surface area contributed by atoms with E-state index in [9.17, 15) is 0 Å². The van der Waals surface area contributed by atoms with Gasteiger partial charge in [0.1, 0.15) is 0 Å². The van der Waals surface area contributed by atoms with Crippen molar-refractivity contribution in [2.75, 3.05) is 14.2 Å². The third kappa shape index (κ3) is 2.50. The minimum absolute atomic E-state index is 0.104. The molecule has 0 spiro atoms. The topological polar surface area (TPSA) is 44.5 Å². The number of hydrogen-bond acceptors (Lipinski definition) is 3. The summed E-state index contributed by atoms with van der Waals surface area (Å²) in [5.41, 5.74) is 6.94. The Balaban J connectivity index is 3.10. The van der Waals surface area contributed by atoms with E-state index in [1.54, 1.807) is 20.3 Å². The maximum Gasteiger partial charge on any atom is 0.165 e. The number of ether oxygens (including phenoxy) is 2. The first kappa shape index (κ1) is 11.6. The molecule has 82 valence electrons. The van der Waals surface area contributed by atoms with E-state index in [1.807, 2.05) is 18.2 Å². The summed E-state index contributed by atoms with van der Waals surface area (Å²) in [6.45, 7) is 3.67. The van der Waals surface area contributed by atoms with E-state index in [-0.39, 0.29) is 6.04 Å². The normalized spacial score (nSPS) is 11.9. The van der Waals surface area contributed by atoms with Crippen LogP contribution in [0, 0.1) is 0 Å². The van der Waals surface area contributed by atoms with Gasteiger partial charge in [-0.05, 0) is 12.5 Å². The number of para-hydroxylation sites is 1. The maximum absolute atomic E-state index is 6.00. The van der Waals surface area contributed by atoms with Crippen LogP contribution in [-0.4, -0.2) is 14.2 Å². The largest absolute Gasteiger partial charge is 0.493 e. The Morgan fingerprint density at radius 3 is 2.67 bits per heavy atom. The van der Waals surface area contributed by atoms with Crippen LogP contribution in [0.25, 0.3) is 0 Å². The van der Waals surface area contributed by atoms with Crippen molar-refractivity contribution in [1.82, 2.24) is 0 Å². The Hall–Kier alpha value is -1.48. The van der Waals surface area contributed by atoms with E-state index < -0.39 is 0 Å². The van der Waals surface area contributed by atoms with Crippen LogP contribution in [-0.2, 0) is 0 Å². The summed E-state index contributed by atoms with van der Waals surface area (Å²) in [5.74, 6) is 1.41. The number of methoxy groups -OCH3 is 2. The first-order valence-corrected chi connectivity index (χ1v) is 4.82. The van der Waals surface area contributed by atoms with Gasteiger partial charge < -0.3 is 15.2 Å². The van der Waals surface area contributed by atoms with Crippen LogP contribution in [0.3, 0.4) is 0 Å². The summed E-state index contributed by atoms with van der Waals surface area (Å²) < 4.78 is 10.5. The van der Waals surface area contributed by atoms with Crippen LogP contribution in [0.2, 0.25) is 0 Å². The summed E-state index contributed by atoms with van der Waals surface area (Å²) in [7, 11) is 3.22. The molecular weight excluding hydrogens is 190 g/mol. The van der Waals surface area contributed by atoms with Gasteiger partial charge in [0.05, 0.1) is 14.2 Å². The van der Waals surface area contributed by atoms with Crippen molar-refractivity contribution < 1.29 is 9.47 Å². The monoisotopic (exact) mass is 207 g/mol. The second-order valence-corrected chi connectivity index (χ2v) is 3.21. The predicted octanol–water partition coefficient (Wildman–Crippen LogP) is 2.28. The summed E-state index contributed by atoms with van der Waals surface area (Å²) in [4.78, 5) is 0. The van der Waals surface area contributed by atoms with Crippen LogP contribution >= 0.6 is 0 Å². The van der Waals surface area contributed by atoms with Gasteiger partial charge in [-0.2, -0.15) is 0 Å². The molecule has 0 amide bonds. The highest BCUT2D eigenvalue weighted by Gasteiger charge is 2.14. The summed E-state index contributed by atoms with van der Waals surface area (Å²) in [6, 6.07) is 5.59. The van der Waals surface area contributed by atoms with Crippen molar-refractivity contribution in [2.45, 2.75) is 12.5 Å². The van der Waals surface area contributed by atoms with Crippen molar-refractivity contribution in [3.8, 4) is 11.5 Å². The fourth-order valence-electron chi connectivity index (χ4n) is 1.51. The Bertz CT molecular complexity index is 336.